The van der Waals surface area contributed by atoms with Gasteiger partial charge >= 0.3 is 0 Å². The van der Waals surface area contributed by atoms with Crippen LogP contribution in [0.4, 0.5) is 5.69 Å². The van der Waals surface area contributed by atoms with E-state index in [4.69, 9.17) is 0 Å². The van der Waals surface area contributed by atoms with E-state index in [1.165, 1.54) is 0 Å². The van der Waals surface area contributed by atoms with E-state index in [9.17, 15) is 9.59 Å². The Hall–Kier alpha value is -1.92. The van der Waals surface area contributed by atoms with Crippen molar-refractivity contribution < 1.29 is 19.4 Å². The van der Waals surface area contributed by atoms with Crippen LogP contribution in [0.2, 0.25) is 0 Å². The second kappa shape index (κ2) is 9.14. The number of likely N-dealkylation sites (N-methyl/N-ethyl adjacent to an activating group) is 2. The number of hydrogen-bond donors (Lipinski definition) is 3. The molecule has 1 aliphatic heterocycles. The van der Waals surface area contributed by atoms with Gasteiger partial charge in [-0.3, -0.25) is 9.59 Å². The number of nitrogens with one attached hydrogen (secondary N) is 3. The molecular formula is C20H34N4O2+2. The number of aryl methyl sites for hydroxylation is 1. The van der Waals surface area contributed by atoms with E-state index in [0.29, 0.717) is 0 Å². The van der Waals surface area contributed by atoms with Crippen molar-refractivity contribution in [1.29, 1.82) is 0 Å². The largest absolute Gasteiger partial charge is 0.332 e. The number of amides is 2. The maximum absolute atomic E-state index is 12.7. The van der Waals surface area contributed by atoms with Crippen molar-refractivity contribution in [2.24, 2.45) is 0 Å². The highest BCUT2D eigenvalue weighted by Gasteiger charge is 2.31. The van der Waals surface area contributed by atoms with Crippen molar-refractivity contribution >= 4 is 17.5 Å². The average Bonchev–Trinajstić information content (AvgIpc) is 2.64. The van der Waals surface area contributed by atoms with E-state index in [1.807, 2.05) is 50.9 Å². The highest BCUT2D eigenvalue weighted by Crippen LogP contribution is 2.17. The summed E-state index contributed by atoms with van der Waals surface area (Å²) in [5, 5.41) is 2.98. The Morgan fingerprint density at radius 2 is 1.92 bits per heavy atom. The van der Waals surface area contributed by atoms with Crippen LogP contribution in [0.25, 0.3) is 0 Å². The molecule has 0 aromatic heterocycles. The molecule has 1 unspecified atom stereocenters. The quantitative estimate of drug-likeness (QED) is 0.601. The summed E-state index contributed by atoms with van der Waals surface area (Å²) in [5.41, 5.74) is 3.08. The van der Waals surface area contributed by atoms with Crippen molar-refractivity contribution in [3.63, 3.8) is 0 Å². The number of nitrogens with zero attached hydrogens (tertiary/aromatic N) is 1. The molecule has 0 saturated carbocycles. The number of benzene rings is 1. The van der Waals surface area contributed by atoms with Gasteiger partial charge in [0.05, 0.1) is 39.8 Å². The topological polar surface area (TPSA) is 58.3 Å². The predicted molar refractivity (Wildman–Crippen MR) is 104 cm³/mol. The van der Waals surface area contributed by atoms with Crippen LogP contribution in [-0.4, -0.2) is 69.1 Å². The molecule has 144 valence electrons. The molecule has 1 saturated heterocycles. The predicted octanol–water partition coefficient (Wildman–Crippen LogP) is -1.11. The lowest BCUT2D eigenvalue weighted by Crippen LogP contribution is -3.16. The van der Waals surface area contributed by atoms with E-state index in [1.54, 1.807) is 4.90 Å². The fourth-order valence-corrected chi connectivity index (χ4v) is 3.37. The minimum absolute atomic E-state index is 0.0592. The van der Waals surface area contributed by atoms with Gasteiger partial charge < -0.3 is 20.0 Å². The molecular weight excluding hydrogens is 328 g/mol. The van der Waals surface area contributed by atoms with Gasteiger partial charge in [-0.15, -0.1) is 0 Å². The lowest BCUT2D eigenvalue weighted by molar-refractivity contribution is -0.903. The lowest BCUT2D eigenvalue weighted by Gasteiger charge is -2.33. The monoisotopic (exact) mass is 362 g/mol. The molecule has 26 heavy (non-hydrogen) atoms. The number of anilines is 1. The fourth-order valence-electron chi connectivity index (χ4n) is 3.37. The normalized spacial score (nSPS) is 17.7. The van der Waals surface area contributed by atoms with Crippen LogP contribution < -0.4 is 15.1 Å². The molecule has 1 heterocycles. The average molecular weight is 363 g/mol. The Morgan fingerprint density at radius 3 is 2.54 bits per heavy atom. The molecule has 1 aromatic carbocycles. The fraction of sp³-hybridized carbons (Fsp3) is 0.600. The first kappa shape index (κ1) is 20.4. The van der Waals surface area contributed by atoms with Gasteiger partial charge in [0.1, 0.15) is 0 Å². The molecule has 1 aliphatic rings. The van der Waals surface area contributed by atoms with Crippen LogP contribution in [0.15, 0.2) is 18.2 Å². The second-order valence-electron chi connectivity index (χ2n) is 7.47. The highest BCUT2D eigenvalue weighted by molar-refractivity contribution is 5.92. The lowest BCUT2D eigenvalue weighted by atomic mass is 10.1. The SMILES string of the molecule is CC[NH+]1CCN(C(=O)[C@H](C)[NH+](C)CC(=O)Nc2cccc(C)c2C)CC1. The zero-order chi connectivity index (χ0) is 19.3. The molecule has 2 amide bonds. The van der Waals surface area contributed by atoms with Gasteiger partial charge in [0.15, 0.2) is 12.6 Å². The Labute approximate surface area is 157 Å². The number of hydrogen-bond acceptors (Lipinski definition) is 2. The Bertz CT molecular complexity index is 639. The Kier molecular flexibility index (Phi) is 7.17. The number of carbonyl (C=O) groups is 2. The number of rotatable bonds is 6. The summed E-state index contributed by atoms with van der Waals surface area (Å²) in [5.74, 6) is 0.0910. The van der Waals surface area contributed by atoms with Gasteiger partial charge in [0, 0.05) is 5.69 Å². The molecule has 0 bridgehead atoms. The van der Waals surface area contributed by atoms with Gasteiger partial charge in [0.2, 0.25) is 0 Å². The molecule has 6 heteroatoms. The van der Waals surface area contributed by atoms with Gasteiger partial charge in [-0.1, -0.05) is 12.1 Å². The first-order chi connectivity index (χ1) is 12.3. The first-order valence-electron chi connectivity index (χ1n) is 9.64. The van der Waals surface area contributed by atoms with E-state index >= 15 is 0 Å². The first-order valence-corrected chi connectivity index (χ1v) is 9.64. The third-order valence-corrected chi connectivity index (χ3v) is 5.71. The summed E-state index contributed by atoms with van der Waals surface area (Å²) < 4.78 is 0. The molecule has 1 fully saturated rings. The molecule has 2 atom stereocenters. The summed E-state index contributed by atoms with van der Waals surface area (Å²) >= 11 is 0. The van der Waals surface area contributed by atoms with Crippen molar-refractivity contribution in [2.45, 2.75) is 33.7 Å². The molecule has 1 aromatic rings. The van der Waals surface area contributed by atoms with Gasteiger partial charge in [-0.05, 0) is 44.9 Å². The third-order valence-electron chi connectivity index (χ3n) is 5.71. The zero-order valence-corrected chi connectivity index (χ0v) is 16.8. The summed E-state index contributed by atoms with van der Waals surface area (Å²) in [6.45, 7) is 13.2. The van der Waals surface area contributed by atoms with Crippen LogP contribution in [0.5, 0.6) is 0 Å². The Balaban J connectivity index is 1.87. The maximum Gasteiger partial charge on any atom is 0.280 e. The Morgan fingerprint density at radius 1 is 1.27 bits per heavy atom. The summed E-state index contributed by atoms with van der Waals surface area (Å²) in [4.78, 5) is 29.6. The van der Waals surface area contributed by atoms with Crippen molar-refractivity contribution in [2.75, 3.05) is 51.6 Å². The van der Waals surface area contributed by atoms with E-state index in [0.717, 1.165) is 54.4 Å². The molecule has 0 radical (unpaired) electrons. The summed E-state index contributed by atoms with van der Waals surface area (Å²) in [7, 11) is 1.92. The number of quaternary nitrogens is 2. The highest BCUT2D eigenvalue weighted by atomic mass is 16.2. The minimum atomic E-state index is -0.220. The molecule has 6 nitrogen and oxygen atoms in total. The van der Waals surface area contributed by atoms with E-state index in [-0.39, 0.29) is 24.4 Å². The van der Waals surface area contributed by atoms with Crippen molar-refractivity contribution in [3.8, 4) is 0 Å². The third kappa shape index (κ3) is 5.05. The van der Waals surface area contributed by atoms with Crippen molar-refractivity contribution in [3.05, 3.63) is 29.3 Å². The van der Waals surface area contributed by atoms with E-state index < -0.39 is 0 Å². The van der Waals surface area contributed by atoms with Crippen LogP contribution in [0, 0.1) is 13.8 Å². The van der Waals surface area contributed by atoms with Gasteiger partial charge in [-0.2, -0.15) is 0 Å². The molecule has 3 N–H and O–H groups in total. The maximum atomic E-state index is 12.7. The minimum Gasteiger partial charge on any atom is -0.332 e. The van der Waals surface area contributed by atoms with Crippen molar-refractivity contribution in [1.82, 2.24) is 4.90 Å². The smallest absolute Gasteiger partial charge is 0.280 e. The van der Waals surface area contributed by atoms with Crippen LogP contribution in [-0.2, 0) is 9.59 Å². The second-order valence-corrected chi connectivity index (χ2v) is 7.47. The summed E-state index contributed by atoms with van der Waals surface area (Å²) in [6.07, 6.45) is 0. The van der Waals surface area contributed by atoms with Crippen LogP contribution >= 0.6 is 0 Å². The zero-order valence-electron chi connectivity index (χ0n) is 16.8. The standard InChI is InChI=1S/C20H32N4O2/c1-6-23-10-12-24(13-11-23)20(26)17(4)22(5)14-19(25)21-18-9-7-8-15(2)16(18)3/h7-9,17H,6,10-14H2,1-5H3,(H,21,25)/p+2/t17-/m0/s1. The molecule has 0 aliphatic carbocycles. The number of carbonyl (C=O) groups excluding carboxylic acids is 2. The summed E-state index contributed by atoms with van der Waals surface area (Å²) in [6, 6.07) is 5.67. The van der Waals surface area contributed by atoms with Crippen LogP contribution in [0.1, 0.15) is 25.0 Å². The van der Waals surface area contributed by atoms with Gasteiger partial charge in [-0.25, -0.2) is 0 Å². The van der Waals surface area contributed by atoms with E-state index in [2.05, 4.69) is 12.2 Å². The van der Waals surface area contributed by atoms with Crippen LogP contribution in [0.3, 0.4) is 0 Å². The molecule has 2 rings (SSSR count). The van der Waals surface area contributed by atoms with Gasteiger partial charge in [0.25, 0.3) is 11.8 Å². The number of piperazine rings is 1. The molecule has 0 spiro atoms.